The van der Waals surface area contributed by atoms with Crippen LogP contribution in [0.3, 0.4) is 0 Å². The van der Waals surface area contributed by atoms with Crippen LogP contribution in [0.15, 0.2) is 47.5 Å². The third-order valence-electron chi connectivity index (χ3n) is 3.85. The zero-order chi connectivity index (χ0) is 18.0. The van der Waals surface area contributed by atoms with Crippen LogP contribution in [0.25, 0.3) is 10.9 Å². The van der Waals surface area contributed by atoms with Crippen LogP contribution in [0.4, 0.5) is 4.39 Å². The highest BCUT2D eigenvalue weighted by Crippen LogP contribution is 2.27. The van der Waals surface area contributed by atoms with Crippen molar-refractivity contribution in [2.24, 2.45) is 0 Å². The molecule has 8 heteroatoms. The minimum Gasteiger partial charge on any atom is -0.495 e. The van der Waals surface area contributed by atoms with Crippen molar-refractivity contribution >= 4 is 32.5 Å². The molecule has 0 radical (unpaired) electrons. The van der Waals surface area contributed by atoms with Crippen LogP contribution in [0.1, 0.15) is 5.56 Å². The van der Waals surface area contributed by atoms with Gasteiger partial charge in [-0.1, -0.05) is 11.6 Å². The highest BCUT2D eigenvalue weighted by Gasteiger charge is 2.16. The van der Waals surface area contributed by atoms with E-state index in [-0.39, 0.29) is 22.3 Å². The molecule has 0 aliphatic heterocycles. The van der Waals surface area contributed by atoms with Crippen molar-refractivity contribution in [3.05, 3.63) is 59.0 Å². The van der Waals surface area contributed by atoms with Crippen LogP contribution in [0.2, 0.25) is 5.02 Å². The number of sulfonamides is 1. The number of halogens is 2. The Bertz CT molecular complexity index is 1020. The molecule has 0 saturated heterocycles. The number of H-pyrrole nitrogens is 1. The fourth-order valence-corrected chi connectivity index (χ4v) is 3.96. The summed E-state index contributed by atoms with van der Waals surface area (Å²) in [7, 11) is -2.24. The first-order valence-corrected chi connectivity index (χ1v) is 9.35. The lowest BCUT2D eigenvalue weighted by Crippen LogP contribution is -2.26. The van der Waals surface area contributed by atoms with Gasteiger partial charge in [0.05, 0.1) is 17.0 Å². The highest BCUT2D eigenvalue weighted by atomic mass is 35.5. The third kappa shape index (κ3) is 3.78. The predicted octanol–water partition coefficient (Wildman–Crippen LogP) is 3.49. The molecular formula is C17H16ClFN2O3S. The number of benzene rings is 2. The molecule has 3 aromatic rings. The van der Waals surface area contributed by atoms with E-state index in [0.717, 1.165) is 16.5 Å². The molecule has 0 unspecified atom stereocenters. The van der Waals surface area contributed by atoms with E-state index in [9.17, 15) is 12.8 Å². The third-order valence-corrected chi connectivity index (χ3v) is 5.60. The molecule has 0 spiro atoms. The molecule has 0 saturated carbocycles. The van der Waals surface area contributed by atoms with Gasteiger partial charge in [-0.3, -0.25) is 0 Å². The number of aromatic nitrogens is 1. The maximum absolute atomic E-state index is 13.4. The summed E-state index contributed by atoms with van der Waals surface area (Å²) in [5, 5.41) is 0.962. The van der Waals surface area contributed by atoms with E-state index in [0.29, 0.717) is 12.2 Å². The van der Waals surface area contributed by atoms with Crippen LogP contribution >= 0.6 is 11.6 Å². The van der Waals surface area contributed by atoms with Gasteiger partial charge in [-0.25, -0.2) is 17.5 Å². The van der Waals surface area contributed by atoms with Gasteiger partial charge in [-0.05, 0) is 48.4 Å². The van der Waals surface area contributed by atoms with E-state index < -0.39 is 10.0 Å². The van der Waals surface area contributed by atoms with Gasteiger partial charge >= 0.3 is 0 Å². The fraction of sp³-hybridized carbons (Fsp3) is 0.176. The minimum absolute atomic E-state index is 0.0586. The summed E-state index contributed by atoms with van der Waals surface area (Å²) in [6.45, 7) is 0.176. The first-order valence-electron chi connectivity index (χ1n) is 7.49. The van der Waals surface area contributed by atoms with E-state index in [1.54, 1.807) is 12.3 Å². The summed E-state index contributed by atoms with van der Waals surface area (Å²) >= 11 is 5.97. The maximum Gasteiger partial charge on any atom is 0.240 e. The minimum atomic E-state index is -3.70. The topological polar surface area (TPSA) is 71.2 Å². The van der Waals surface area contributed by atoms with Crippen molar-refractivity contribution < 1.29 is 17.5 Å². The lowest BCUT2D eigenvalue weighted by atomic mass is 10.1. The molecule has 3 rings (SSSR count). The van der Waals surface area contributed by atoms with Crippen LogP contribution in [0.5, 0.6) is 5.75 Å². The van der Waals surface area contributed by atoms with E-state index >= 15 is 0 Å². The molecule has 5 nitrogen and oxygen atoms in total. The molecule has 1 heterocycles. The number of nitrogens with one attached hydrogen (secondary N) is 2. The number of rotatable bonds is 6. The Balaban J connectivity index is 1.72. The van der Waals surface area contributed by atoms with Gasteiger partial charge < -0.3 is 9.72 Å². The second-order valence-electron chi connectivity index (χ2n) is 5.45. The number of fused-ring (bicyclic) bond motifs is 1. The summed E-state index contributed by atoms with van der Waals surface area (Å²) in [6.07, 6.45) is 2.18. The van der Waals surface area contributed by atoms with Gasteiger partial charge in [0.25, 0.3) is 0 Å². The SMILES string of the molecule is COc1ccc(S(=O)(=O)NCCc2c[nH]c3ccc(F)cc23)cc1Cl. The van der Waals surface area contributed by atoms with Gasteiger partial charge in [-0.15, -0.1) is 0 Å². The molecule has 0 aliphatic carbocycles. The van der Waals surface area contributed by atoms with E-state index in [2.05, 4.69) is 9.71 Å². The molecule has 2 N–H and O–H groups in total. The molecule has 132 valence electrons. The van der Waals surface area contributed by atoms with Crippen LogP contribution < -0.4 is 9.46 Å². The average molecular weight is 383 g/mol. The maximum atomic E-state index is 13.4. The van der Waals surface area contributed by atoms with Crippen molar-refractivity contribution in [2.45, 2.75) is 11.3 Å². The standard InChI is InChI=1S/C17H16ClFN2O3S/c1-24-17-5-3-13(9-15(17)18)25(22,23)21-7-6-11-10-20-16-4-2-12(19)8-14(11)16/h2-5,8-10,20-21H,6-7H2,1H3. The number of methoxy groups -OCH3 is 1. The molecule has 0 amide bonds. The first-order chi connectivity index (χ1) is 11.9. The summed E-state index contributed by atoms with van der Waals surface area (Å²) in [6, 6.07) is 8.71. The number of ether oxygens (including phenoxy) is 1. The van der Waals surface area contributed by atoms with Crippen molar-refractivity contribution in [3.8, 4) is 5.75 Å². The second-order valence-corrected chi connectivity index (χ2v) is 7.62. The van der Waals surface area contributed by atoms with Crippen LogP contribution in [0, 0.1) is 5.82 Å². The van der Waals surface area contributed by atoms with E-state index in [1.807, 2.05) is 0 Å². The molecular weight excluding hydrogens is 367 g/mol. The Kier molecular flexibility index (Phi) is 4.99. The van der Waals surface area contributed by atoms with E-state index in [1.165, 1.54) is 37.4 Å². The number of hydrogen-bond donors (Lipinski definition) is 2. The van der Waals surface area contributed by atoms with Crippen molar-refractivity contribution in [1.29, 1.82) is 0 Å². The normalized spacial score (nSPS) is 11.8. The smallest absolute Gasteiger partial charge is 0.240 e. The number of hydrogen-bond acceptors (Lipinski definition) is 3. The summed E-state index contributed by atoms with van der Waals surface area (Å²) in [4.78, 5) is 3.10. The average Bonchev–Trinajstić information content (AvgIpc) is 2.97. The van der Waals surface area contributed by atoms with Gasteiger partial charge in [0, 0.05) is 23.6 Å². The predicted molar refractivity (Wildman–Crippen MR) is 95.2 cm³/mol. The summed E-state index contributed by atoms with van der Waals surface area (Å²) in [5.74, 6) is 0.0724. The fourth-order valence-electron chi connectivity index (χ4n) is 2.58. The molecule has 2 aromatic carbocycles. The summed E-state index contributed by atoms with van der Waals surface area (Å²) < 4.78 is 45.6. The van der Waals surface area contributed by atoms with Gasteiger partial charge in [-0.2, -0.15) is 0 Å². The van der Waals surface area contributed by atoms with Crippen molar-refractivity contribution in [2.75, 3.05) is 13.7 Å². The van der Waals surface area contributed by atoms with Gasteiger partial charge in [0.15, 0.2) is 0 Å². The number of aromatic amines is 1. The molecule has 0 fully saturated rings. The zero-order valence-corrected chi connectivity index (χ0v) is 14.9. The lowest BCUT2D eigenvalue weighted by Gasteiger charge is -2.09. The highest BCUT2D eigenvalue weighted by molar-refractivity contribution is 7.89. The quantitative estimate of drug-likeness (QED) is 0.685. The summed E-state index contributed by atoms with van der Waals surface area (Å²) in [5.41, 5.74) is 1.64. The Morgan fingerprint density at radius 1 is 1.24 bits per heavy atom. The van der Waals surface area contributed by atoms with Crippen molar-refractivity contribution in [1.82, 2.24) is 9.71 Å². The molecule has 25 heavy (non-hydrogen) atoms. The molecule has 1 aromatic heterocycles. The monoisotopic (exact) mass is 382 g/mol. The Labute approximate surface area is 149 Å². The largest absolute Gasteiger partial charge is 0.495 e. The van der Waals surface area contributed by atoms with Gasteiger partial charge in [0.1, 0.15) is 11.6 Å². The lowest BCUT2D eigenvalue weighted by molar-refractivity contribution is 0.414. The Morgan fingerprint density at radius 2 is 2.04 bits per heavy atom. The van der Waals surface area contributed by atoms with Gasteiger partial charge in [0.2, 0.25) is 10.0 Å². The van der Waals surface area contributed by atoms with Crippen LogP contribution in [-0.4, -0.2) is 27.1 Å². The first kappa shape index (κ1) is 17.7. The second kappa shape index (κ2) is 7.03. The molecule has 0 bridgehead atoms. The van der Waals surface area contributed by atoms with E-state index in [4.69, 9.17) is 16.3 Å². The van der Waals surface area contributed by atoms with Crippen LogP contribution in [-0.2, 0) is 16.4 Å². The Morgan fingerprint density at radius 3 is 2.76 bits per heavy atom. The molecule has 0 atom stereocenters. The van der Waals surface area contributed by atoms with Crippen molar-refractivity contribution in [3.63, 3.8) is 0 Å². The molecule has 0 aliphatic rings. The zero-order valence-electron chi connectivity index (χ0n) is 13.3. The Hall–Kier alpha value is -2.09.